The minimum Gasteiger partial charge on any atom is -0.453 e. The van der Waals surface area contributed by atoms with Crippen LogP contribution in [0.2, 0.25) is 0 Å². The van der Waals surface area contributed by atoms with E-state index < -0.39 is 18.2 Å². The van der Waals surface area contributed by atoms with Gasteiger partial charge in [0.2, 0.25) is 18.2 Å². The summed E-state index contributed by atoms with van der Waals surface area (Å²) in [6.45, 7) is 2.45. The second-order valence-electron chi connectivity index (χ2n) is 18.8. The zero-order chi connectivity index (χ0) is 43.7. The largest absolute Gasteiger partial charge is 0.453 e. The third-order valence-corrected chi connectivity index (χ3v) is 14.8. The SMILES string of the molecule is COC(=O)N[C@H](C(=O)N1CCC[C@H]1c1ncc(-c2ccc(-c3ccc(-c4cnc([C@@H]5CCCN5C(=O)[C@@H](NC=O)[C@@H]5CCO[C@@H](C6CC6)C5)[nH]4)cc3)cc2)[nH]1)[C@@H]1CCOC(C2CC2)C1. The minimum absolute atomic E-state index is 0.0199. The Morgan fingerprint density at radius 1 is 0.672 bits per heavy atom. The van der Waals surface area contributed by atoms with E-state index in [-0.39, 0.29) is 47.9 Å². The number of aromatic amines is 2. The number of amides is 4. The van der Waals surface area contributed by atoms with Crippen molar-refractivity contribution in [1.29, 1.82) is 0 Å². The number of rotatable bonds is 14. The molecule has 2 aromatic carbocycles. The first-order valence-corrected chi connectivity index (χ1v) is 23.5. The Bertz CT molecular complexity index is 2290. The molecule has 4 saturated heterocycles. The summed E-state index contributed by atoms with van der Waals surface area (Å²) in [6, 6.07) is 15.1. The lowest BCUT2D eigenvalue weighted by Crippen LogP contribution is -2.54. The fourth-order valence-corrected chi connectivity index (χ4v) is 10.9. The molecule has 4 N–H and O–H groups in total. The van der Waals surface area contributed by atoms with E-state index in [9.17, 15) is 19.2 Å². The van der Waals surface area contributed by atoms with Gasteiger partial charge in [0.05, 0.1) is 55.2 Å². The Labute approximate surface area is 373 Å². The average molecular weight is 873 g/mol. The number of carbonyl (C=O) groups is 4. The van der Waals surface area contributed by atoms with Crippen molar-refractivity contribution < 1.29 is 33.4 Å². The second-order valence-corrected chi connectivity index (χ2v) is 18.8. The third-order valence-electron chi connectivity index (χ3n) is 14.8. The Kier molecular flexibility index (Phi) is 12.3. The molecule has 0 bridgehead atoms. The van der Waals surface area contributed by atoms with Gasteiger partial charge in [0, 0.05) is 26.3 Å². The van der Waals surface area contributed by atoms with Crippen LogP contribution in [0.25, 0.3) is 33.6 Å². The topological polar surface area (TPSA) is 184 Å². The van der Waals surface area contributed by atoms with Crippen LogP contribution in [0.15, 0.2) is 60.9 Å². The fourth-order valence-electron chi connectivity index (χ4n) is 10.9. The van der Waals surface area contributed by atoms with Gasteiger partial charge in [-0.2, -0.15) is 0 Å². The first kappa shape index (κ1) is 42.4. The van der Waals surface area contributed by atoms with Gasteiger partial charge in [-0.05, 0) is 123 Å². The molecule has 8 atom stereocenters. The van der Waals surface area contributed by atoms with Crippen molar-refractivity contribution >= 4 is 24.3 Å². The van der Waals surface area contributed by atoms with Gasteiger partial charge in [-0.3, -0.25) is 14.4 Å². The van der Waals surface area contributed by atoms with Gasteiger partial charge >= 0.3 is 6.09 Å². The molecule has 2 saturated carbocycles. The average Bonchev–Trinajstić information content (AvgIpc) is 4.09. The number of ether oxygens (including phenoxy) is 3. The van der Waals surface area contributed by atoms with E-state index in [1.807, 2.05) is 22.2 Å². The molecule has 2 aromatic heterocycles. The predicted octanol–water partition coefficient (Wildman–Crippen LogP) is 6.71. The summed E-state index contributed by atoms with van der Waals surface area (Å²) in [5.74, 6) is 2.57. The van der Waals surface area contributed by atoms with Crippen molar-refractivity contribution in [2.75, 3.05) is 33.4 Å². The highest BCUT2D eigenvalue weighted by Gasteiger charge is 2.45. The van der Waals surface area contributed by atoms with E-state index in [2.05, 4.69) is 69.1 Å². The van der Waals surface area contributed by atoms with Gasteiger partial charge in [-0.15, -0.1) is 0 Å². The van der Waals surface area contributed by atoms with Gasteiger partial charge in [-0.25, -0.2) is 14.8 Å². The number of aromatic nitrogens is 4. The minimum atomic E-state index is -0.681. The lowest BCUT2D eigenvalue weighted by molar-refractivity contribution is -0.139. The van der Waals surface area contributed by atoms with Crippen LogP contribution in [0.1, 0.15) is 101 Å². The first-order chi connectivity index (χ1) is 31.3. The summed E-state index contributed by atoms with van der Waals surface area (Å²) in [6.07, 6.45) is 15.1. The van der Waals surface area contributed by atoms with Crippen LogP contribution in [-0.2, 0) is 28.6 Å². The van der Waals surface area contributed by atoms with Gasteiger partial charge in [0.1, 0.15) is 23.7 Å². The number of hydrogen-bond donors (Lipinski definition) is 4. The van der Waals surface area contributed by atoms with Crippen LogP contribution < -0.4 is 10.6 Å². The molecule has 15 heteroatoms. The molecule has 1 unspecified atom stereocenters. The van der Waals surface area contributed by atoms with Crippen LogP contribution in [0.4, 0.5) is 4.79 Å². The number of nitrogens with one attached hydrogen (secondary N) is 4. The van der Waals surface area contributed by atoms with Crippen LogP contribution in [0.5, 0.6) is 0 Å². The molecule has 2 aliphatic carbocycles. The summed E-state index contributed by atoms with van der Waals surface area (Å²) in [5, 5.41) is 5.78. The summed E-state index contributed by atoms with van der Waals surface area (Å²) in [5.41, 5.74) is 5.88. The van der Waals surface area contributed by atoms with Crippen molar-refractivity contribution in [3.05, 3.63) is 72.6 Å². The number of hydrogen-bond acceptors (Lipinski definition) is 9. The smallest absolute Gasteiger partial charge is 0.407 e. The van der Waals surface area contributed by atoms with E-state index >= 15 is 0 Å². The highest BCUT2D eigenvalue weighted by Crippen LogP contribution is 2.43. The molecule has 338 valence electrons. The summed E-state index contributed by atoms with van der Waals surface area (Å²) >= 11 is 0. The highest BCUT2D eigenvalue weighted by atomic mass is 16.5. The van der Waals surface area contributed by atoms with E-state index in [4.69, 9.17) is 24.2 Å². The number of carbonyl (C=O) groups excluding carboxylic acids is 4. The molecular weight excluding hydrogens is 813 g/mol. The lowest BCUT2D eigenvalue weighted by Gasteiger charge is -2.37. The Morgan fingerprint density at radius 2 is 1.12 bits per heavy atom. The lowest BCUT2D eigenvalue weighted by atomic mass is 9.86. The van der Waals surface area contributed by atoms with Crippen molar-refractivity contribution in [3.8, 4) is 33.6 Å². The molecule has 0 radical (unpaired) electrons. The van der Waals surface area contributed by atoms with Crippen LogP contribution in [-0.4, -0.2) is 112 Å². The van der Waals surface area contributed by atoms with Crippen molar-refractivity contribution in [1.82, 2.24) is 40.4 Å². The van der Waals surface area contributed by atoms with Crippen LogP contribution in [0.3, 0.4) is 0 Å². The second kappa shape index (κ2) is 18.5. The van der Waals surface area contributed by atoms with E-state index in [0.29, 0.717) is 51.0 Å². The fraction of sp³-hybridized carbons (Fsp3) is 0.551. The standard InChI is InChI=1S/C49H60N8O7/c1-62-49(61)55-44(36-19-23-64-42(25-36)34-16-17-34)48(60)57-21-3-5-40(57)46-51-27-38(54-46)32-12-8-30(9-13-32)29-6-10-31(11-7-29)37-26-50-45(53-37)39-4-2-20-56(39)47(59)43(52-28-58)35-18-22-63-41(24-35)33-14-15-33/h6-13,26-28,33-36,39-44H,2-5,14-25H2,1H3,(H,50,53)(H,51,54)(H,52,58)(H,55,61)/t35-,36-,39+,40+,41-,42?,43+,44+/m1/s1. The highest BCUT2D eigenvalue weighted by molar-refractivity contribution is 5.87. The summed E-state index contributed by atoms with van der Waals surface area (Å²) in [4.78, 5) is 72.9. The maximum Gasteiger partial charge on any atom is 0.407 e. The number of imidazole rings is 2. The number of H-pyrrole nitrogens is 2. The Balaban J connectivity index is 0.779. The molecule has 10 rings (SSSR count). The van der Waals surface area contributed by atoms with Crippen LogP contribution in [0, 0.1) is 23.7 Å². The van der Waals surface area contributed by atoms with Gasteiger partial charge in [0.15, 0.2) is 0 Å². The Hall–Kier alpha value is -5.54. The number of alkyl carbamates (subject to hydrolysis) is 1. The molecule has 0 spiro atoms. The first-order valence-electron chi connectivity index (χ1n) is 23.5. The van der Waals surface area contributed by atoms with Gasteiger partial charge in [-0.1, -0.05) is 48.5 Å². The maximum absolute atomic E-state index is 14.3. The number of benzene rings is 2. The number of likely N-dealkylation sites (tertiary alicyclic amines) is 2. The molecule has 6 heterocycles. The summed E-state index contributed by atoms with van der Waals surface area (Å²) in [7, 11) is 1.33. The van der Waals surface area contributed by atoms with Gasteiger partial charge < -0.3 is 44.6 Å². The van der Waals surface area contributed by atoms with E-state index in [0.717, 1.165) is 103 Å². The monoisotopic (exact) mass is 872 g/mol. The predicted molar refractivity (Wildman–Crippen MR) is 237 cm³/mol. The molecule has 6 aliphatic rings. The van der Waals surface area contributed by atoms with Crippen molar-refractivity contribution in [2.45, 2.75) is 113 Å². The normalized spacial score (nSPS) is 26.9. The number of nitrogens with zero attached hydrogens (tertiary/aromatic N) is 4. The molecule has 4 aliphatic heterocycles. The molecule has 64 heavy (non-hydrogen) atoms. The molecule has 4 aromatic rings. The van der Waals surface area contributed by atoms with Crippen molar-refractivity contribution in [2.24, 2.45) is 23.7 Å². The molecule has 4 amide bonds. The van der Waals surface area contributed by atoms with Crippen LogP contribution >= 0.6 is 0 Å². The molecule has 15 nitrogen and oxygen atoms in total. The zero-order valence-corrected chi connectivity index (χ0v) is 36.6. The van der Waals surface area contributed by atoms with E-state index in [1.165, 1.54) is 20.0 Å². The van der Waals surface area contributed by atoms with E-state index in [1.54, 1.807) is 0 Å². The zero-order valence-electron chi connectivity index (χ0n) is 36.6. The summed E-state index contributed by atoms with van der Waals surface area (Å²) < 4.78 is 17.0. The third kappa shape index (κ3) is 8.93. The molecular formula is C49H60N8O7. The quantitative estimate of drug-likeness (QED) is 0.100. The molecule has 6 fully saturated rings. The van der Waals surface area contributed by atoms with Crippen molar-refractivity contribution in [3.63, 3.8) is 0 Å². The maximum atomic E-state index is 14.3. The van der Waals surface area contributed by atoms with Gasteiger partial charge in [0.25, 0.3) is 0 Å². The number of methoxy groups -OCH3 is 1. The Morgan fingerprint density at radius 3 is 1.58 bits per heavy atom.